The third-order valence-electron chi connectivity index (χ3n) is 4.26. The van der Waals surface area contributed by atoms with Gasteiger partial charge in [-0.15, -0.1) is 0 Å². The van der Waals surface area contributed by atoms with E-state index >= 15 is 0 Å². The van der Waals surface area contributed by atoms with Crippen molar-refractivity contribution in [1.82, 2.24) is 0 Å². The molecule has 0 saturated carbocycles. The first-order chi connectivity index (χ1) is 13.0. The molecule has 1 N–H and O–H groups in total. The van der Waals surface area contributed by atoms with E-state index in [0.29, 0.717) is 30.5 Å². The van der Waals surface area contributed by atoms with Crippen LogP contribution in [0, 0.1) is 6.92 Å². The number of benzene rings is 2. The Labute approximate surface area is 159 Å². The lowest BCUT2D eigenvalue weighted by Gasteiger charge is -2.20. The minimum atomic E-state index is -0.204. The van der Waals surface area contributed by atoms with E-state index in [1.807, 2.05) is 56.3 Å². The van der Waals surface area contributed by atoms with E-state index in [0.717, 1.165) is 22.5 Å². The molecular formula is C21H24N2O4. The van der Waals surface area contributed by atoms with Crippen molar-refractivity contribution >= 4 is 23.4 Å². The number of carbonyl (C=O) groups excluding carboxylic acids is 1. The van der Waals surface area contributed by atoms with Crippen molar-refractivity contribution in [1.29, 1.82) is 0 Å². The van der Waals surface area contributed by atoms with Crippen molar-refractivity contribution < 1.29 is 19.0 Å². The van der Waals surface area contributed by atoms with Crippen molar-refractivity contribution in [3.8, 4) is 17.2 Å². The van der Waals surface area contributed by atoms with E-state index in [-0.39, 0.29) is 5.91 Å². The maximum atomic E-state index is 12.3. The van der Waals surface area contributed by atoms with Gasteiger partial charge in [0.15, 0.2) is 11.5 Å². The van der Waals surface area contributed by atoms with Crippen LogP contribution in [0.5, 0.6) is 17.2 Å². The van der Waals surface area contributed by atoms with Crippen molar-refractivity contribution in [2.75, 3.05) is 44.6 Å². The van der Waals surface area contributed by atoms with Crippen molar-refractivity contribution in [3.63, 3.8) is 0 Å². The average molecular weight is 368 g/mol. The number of hydrogen-bond donors (Lipinski definition) is 1. The van der Waals surface area contributed by atoms with Gasteiger partial charge in [-0.1, -0.05) is 0 Å². The quantitative estimate of drug-likeness (QED) is 0.819. The zero-order chi connectivity index (χ0) is 19.4. The number of hydrogen-bond acceptors (Lipinski definition) is 5. The van der Waals surface area contributed by atoms with E-state index < -0.39 is 0 Å². The summed E-state index contributed by atoms with van der Waals surface area (Å²) < 4.78 is 16.6. The Balaban J connectivity index is 1.73. The second kappa shape index (κ2) is 8.03. The summed E-state index contributed by atoms with van der Waals surface area (Å²) in [6.45, 7) is 2.96. The van der Waals surface area contributed by atoms with Crippen LogP contribution in [0.25, 0.3) is 6.08 Å². The van der Waals surface area contributed by atoms with Crippen molar-refractivity contribution in [2.45, 2.75) is 6.92 Å². The lowest BCUT2D eigenvalue weighted by molar-refractivity contribution is -0.111. The van der Waals surface area contributed by atoms with Crippen LogP contribution < -0.4 is 24.4 Å². The zero-order valence-electron chi connectivity index (χ0n) is 16.0. The molecule has 27 heavy (non-hydrogen) atoms. The molecule has 2 aromatic carbocycles. The van der Waals surface area contributed by atoms with Gasteiger partial charge in [0.1, 0.15) is 13.2 Å². The number of anilines is 2. The number of aryl methyl sites for hydroxylation is 1. The van der Waals surface area contributed by atoms with Gasteiger partial charge in [-0.05, 0) is 54.5 Å². The summed E-state index contributed by atoms with van der Waals surface area (Å²) in [5, 5.41) is 2.91. The zero-order valence-corrected chi connectivity index (χ0v) is 16.0. The molecule has 0 aromatic heterocycles. The maximum Gasteiger partial charge on any atom is 0.248 e. The fourth-order valence-corrected chi connectivity index (χ4v) is 2.80. The van der Waals surface area contributed by atoms with Crippen molar-refractivity contribution in [3.05, 3.63) is 47.5 Å². The minimum absolute atomic E-state index is 0.204. The fraction of sp³-hybridized carbons (Fsp3) is 0.286. The van der Waals surface area contributed by atoms with E-state index in [9.17, 15) is 4.79 Å². The van der Waals surface area contributed by atoms with Gasteiger partial charge in [0.2, 0.25) is 11.7 Å². The topological polar surface area (TPSA) is 60.0 Å². The molecule has 142 valence electrons. The molecule has 0 radical (unpaired) electrons. The van der Waals surface area contributed by atoms with Gasteiger partial charge in [0.25, 0.3) is 0 Å². The molecule has 0 saturated heterocycles. The third kappa shape index (κ3) is 4.34. The number of methoxy groups -OCH3 is 1. The molecule has 1 aliphatic heterocycles. The molecule has 1 amide bonds. The lowest BCUT2D eigenvalue weighted by Crippen LogP contribution is -2.16. The summed E-state index contributed by atoms with van der Waals surface area (Å²) in [5.74, 6) is 1.60. The molecule has 0 bridgehead atoms. The Morgan fingerprint density at radius 1 is 1.19 bits per heavy atom. The number of ether oxygens (including phenoxy) is 3. The van der Waals surface area contributed by atoms with E-state index in [1.54, 1.807) is 13.2 Å². The second-order valence-electron chi connectivity index (χ2n) is 6.46. The van der Waals surface area contributed by atoms with Crippen LogP contribution >= 0.6 is 0 Å². The van der Waals surface area contributed by atoms with Gasteiger partial charge in [0.05, 0.1) is 7.11 Å². The molecule has 0 unspecified atom stereocenters. The highest BCUT2D eigenvalue weighted by Gasteiger charge is 2.17. The monoisotopic (exact) mass is 368 g/mol. The Kier molecular flexibility index (Phi) is 5.54. The predicted molar refractivity (Wildman–Crippen MR) is 107 cm³/mol. The standard InChI is InChI=1S/C21H24N2O4/c1-14-11-16(23(2)3)6-7-17(14)22-20(24)8-5-15-12-18(25-4)21-19(13-15)26-9-10-27-21/h5-8,11-13H,9-10H2,1-4H3,(H,22,24)/b8-5+. The molecule has 0 aliphatic carbocycles. The smallest absolute Gasteiger partial charge is 0.248 e. The highest BCUT2D eigenvalue weighted by Crippen LogP contribution is 2.40. The van der Waals surface area contributed by atoms with Gasteiger partial charge in [-0.2, -0.15) is 0 Å². The van der Waals surface area contributed by atoms with Crippen LogP contribution in [-0.2, 0) is 4.79 Å². The van der Waals surface area contributed by atoms with Crippen LogP contribution in [0.4, 0.5) is 11.4 Å². The Morgan fingerprint density at radius 3 is 2.67 bits per heavy atom. The van der Waals surface area contributed by atoms with Gasteiger partial charge >= 0.3 is 0 Å². The van der Waals surface area contributed by atoms with Crippen LogP contribution in [0.2, 0.25) is 0 Å². The van der Waals surface area contributed by atoms with Crippen LogP contribution in [0.1, 0.15) is 11.1 Å². The molecule has 1 aliphatic rings. The molecule has 0 spiro atoms. The number of nitrogens with zero attached hydrogens (tertiary/aromatic N) is 1. The Hall–Kier alpha value is -3.15. The molecule has 1 heterocycles. The summed E-state index contributed by atoms with van der Waals surface area (Å²) in [5.41, 5.74) is 3.68. The van der Waals surface area contributed by atoms with Gasteiger partial charge in [0, 0.05) is 31.5 Å². The normalized spacial score (nSPS) is 12.7. The molecule has 6 nitrogen and oxygen atoms in total. The van der Waals surface area contributed by atoms with Crippen molar-refractivity contribution in [2.24, 2.45) is 0 Å². The summed E-state index contributed by atoms with van der Waals surface area (Å²) in [4.78, 5) is 14.3. The number of nitrogens with one attached hydrogen (secondary N) is 1. The van der Waals surface area contributed by atoms with Gasteiger partial charge in [-0.3, -0.25) is 4.79 Å². The number of fused-ring (bicyclic) bond motifs is 1. The summed E-state index contributed by atoms with van der Waals surface area (Å²) in [6, 6.07) is 9.55. The van der Waals surface area contributed by atoms with E-state index in [4.69, 9.17) is 14.2 Å². The summed E-state index contributed by atoms with van der Waals surface area (Å²) in [7, 11) is 5.54. The molecule has 0 fully saturated rings. The van der Waals surface area contributed by atoms with Crippen LogP contribution in [-0.4, -0.2) is 40.3 Å². The van der Waals surface area contributed by atoms with Gasteiger partial charge in [-0.25, -0.2) is 0 Å². The number of carbonyl (C=O) groups is 1. The Morgan fingerprint density at radius 2 is 1.96 bits per heavy atom. The highest BCUT2D eigenvalue weighted by molar-refractivity contribution is 6.02. The largest absolute Gasteiger partial charge is 0.493 e. The van der Waals surface area contributed by atoms with E-state index in [2.05, 4.69) is 5.32 Å². The predicted octanol–water partition coefficient (Wildman–Crippen LogP) is 3.49. The van der Waals surface area contributed by atoms with Crippen LogP contribution in [0.3, 0.4) is 0 Å². The maximum absolute atomic E-state index is 12.3. The first-order valence-electron chi connectivity index (χ1n) is 8.72. The molecule has 3 rings (SSSR count). The lowest BCUT2D eigenvalue weighted by atomic mass is 10.1. The number of amides is 1. The van der Waals surface area contributed by atoms with Crippen LogP contribution in [0.15, 0.2) is 36.4 Å². The molecule has 6 heteroatoms. The summed E-state index contributed by atoms with van der Waals surface area (Å²) in [6.07, 6.45) is 3.21. The number of rotatable bonds is 5. The minimum Gasteiger partial charge on any atom is -0.493 e. The van der Waals surface area contributed by atoms with Gasteiger partial charge < -0.3 is 24.4 Å². The summed E-state index contributed by atoms with van der Waals surface area (Å²) >= 11 is 0. The Bertz CT molecular complexity index is 857. The first-order valence-corrected chi connectivity index (χ1v) is 8.72. The highest BCUT2D eigenvalue weighted by atomic mass is 16.6. The average Bonchev–Trinajstić information content (AvgIpc) is 2.67. The first kappa shape index (κ1) is 18.6. The SMILES string of the molecule is COc1cc(/C=C/C(=O)Nc2ccc(N(C)C)cc2C)cc2c1OCCO2. The third-order valence-corrected chi connectivity index (χ3v) is 4.26. The van der Waals surface area contributed by atoms with E-state index in [1.165, 1.54) is 6.08 Å². The fourth-order valence-electron chi connectivity index (χ4n) is 2.80. The molecular weight excluding hydrogens is 344 g/mol. The second-order valence-corrected chi connectivity index (χ2v) is 6.46. The molecule has 2 aromatic rings. The molecule has 0 atom stereocenters.